The number of benzene rings is 1. The van der Waals surface area contributed by atoms with E-state index in [9.17, 15) is 4.79 Å². The van der Waals surface area contributed by atoms with Gasteiger partial charge in [0.15, 0.2) is 0 Å². The summed E-state index contributed by atoms with van der Waals surface area (Å²) >= 11 is 5.70. The van der Waals surface area contributed by atoms with E-state index in [4.69, 9.17) is 16.3 Å². The molecule has 1 heterocycles. The van der Waals surface area contributed by atoms with E-state index in [1.807, 2.05) is 12.1 Å². The number of halogens is 1. The zero-order chi connectivity index (χ0) is 12.8. The van der Waals surface area contributed by atoms with E-state index >= 15 is 0 Å². The Morgan fingerprint density at radius 3 is 2.72 bits per heavy atom. The largest absolute Gasteiger partial charge is 0.376 e. The SMILES string of the molecule is O=C(NCC1CCCCO1)c1ccc(CCl)cc1. The summed E-state index contributed by atoms with van der Waals surface area (Å²) in [5.74, 6) is 0.419. The molecule has 1 fully saturated rings. The first-order valence-electron chi connectivity index (χ1n) is 6.34. The molecule has 0 aliphatic carbocycles. The molecule has 98 valence electrons. The first-order valence-corrected chi connectivity index (χ1v) is 6.88. The molecule has 4 heteroatoms. The van der Waals surface area contributed by atoms with E-state index in [0.717, 1.165) is 25.0 Å². The lowest BCUT2D eigenvalue weighted by atomic mass is 10.1. The number of alkyl halides is 1. The molecular formula is C14H18ClNO2. The highest BCUT2D eigenvalue weighted by Crippen LogP contribution is 2.12. The second-order valence-corrected chi connectivity index (χ2v) is 4.80. The molecule has 1 aromatic carbocycles. The smallest absolute Gasteiger partial charge is 0.251 e. The molecule has 1 aliphatic heterocycles. The fraction of sp³-hybridized carbons (Fsp3) is 0.500. The summed E-state index contributed by atoms with van der Waals surface area (Å²) in [6, 6.07) is 7.35. The number of carbonyl (C=O) groups is 1. The lowest BCUT2D eigenvalue weighted by molar-refractivity contribution is 0.0169. The Kier molecular flexibility index (Phi) is 5.02. The van der Waals surface area contributed by atoms with Crippen LogP contribution >= 0.6 is 11.6 Å². The number of hydrogen-bond acceptors (Lipinski definition) is 2. The average molecular weight is 268 g/mol. The van der Waals surface area contributed by atoms with Crippen molar-refractivity contribution in [2.45, 2.75) is 31.2 Å². The van der Waals surface area contributed by atoms with Crippen molar-refractivity contribution in [1.82, 2.24) is 5.32 Å². The molecule has 1 atom stereocenters. The zero-order valence-electron chi connectivity index (χ0n) is 10.3. The summed E-state index contributed by atoms with van der Waals surface area (Å²) < 4.78 is 5.57. The van der Waals surface area contributed by atoms with E-state index in [0.29, 0.717) is 18.0 Å². The Labute approximate surface area is 112 Å². The van der Waals surface area contributed by atoms with E-state index < -0.39 is 0 Å². The molecule has 0 saturated carbocycles. The Morgan fingerprint density at radius 2 is 2.11 bits per heavy atom. The summed E-state index contributed by atoms with van der Waals surface area (Å²) in [5.41, 5.74) is 1.68. The molecule has 2 rings (SSSR count). The zero-order valence-corrected chi connectivity index (χ0v) is 11.1. The number of hydrogen-bond donors (Lipinski definition) is 1. The lowest BCUT2D eigenvalue weighted by Gasteiger charge is -2.22. The highest BCUT2D eigenvalue weighted by Gasteiger charge is 2.15. The van der Waals surface area contributed by atoms with E-state index in [-0.39, 0.29) is 12.0 Å². The second-order valence-electron chi connectivity index (χ2n) is 4.53. The molecule has 3 nitrogen and oxygen atoms in total. The van der Waals surface area contributed by atoms with Crippen LogP contribution in [-0.2, 0) is 10.6 Å². The fourth-order valence-corrected chi connectivity index (χ4v) is 2.20. The predicted molar refractivity (Wildman–Crippen MR) is 71.9 cm³/mol. The lowest BCUT2D eigenvalue weighted by Crippen LogP contribution is -2.35. The van der Waals surface area contributed by atoms with Gasteiger partial charge in [0.1, 0.15) is 0 Å². The van der Waals surface area contributed by atoms with Crippen molar-refractivity contribution < 1.29 is 9.53 Å². The summed E-state index contributed by atoms with van der Waals surface area (Å²) in [6.45, 7) is 1.40. The maximum absolute atomic E-state index is 11.9. The van der Waals surface area contributed by atoms with Crippen LogP contribution in [-0.4, -0.2) is 25.2 Å². The number of carbonyl (C=O) groups excluding carboxylic acids is 1. The van der Waals surface area contributed by atoms with Gasteiger partial charge in [-0.15, -0.1) is 11.6 Å². The van der Waals surface area contributed by atoms with E-state index in [1.165, 1.54) is 6.42 Å². The molecule has 1 unspecified atom stereocenters. The minimum Gasteiger partial charge on any atom is -0.376 e. The molecular weight excluding hydrogens is 250 g/mol. The second kappa shape index (κ2) is 6.76. The van der Waals surface area contributed by atoms with Gasteiger partial charge in [0.25, 0.3) is 5.91 Å². The fourth-order valence-electron chi connectivity index (χ4n) is 2.02. The van der Waals surface area contributed by atoms with Gasteiger partial charge in [-0.25, -0.2) is 0 Å². The van der Waals surface area contributed by atoms with Crippen LogP contribution in [0.2, 0.25) is 0 Å². The number of rotatable bonds is 4. The Balaban J connectivity index is 1.82. The van der Waals surface area contributed by atoms with Crippen molar-refractivity contribution in [3.63, 3.8) is 0 Å². The van der Waals surface area contributed by atoms with Crippen LogP contribution in [0.1, 0.15) is 35.2 Å². The van der Waals surface area contributed by atoms with Gasteiger partial charge in [-0.3, -0.25) is 4.79 Å². The van der Waals surface area contributed by atoms with Gasteiger partial charge >= 0.3 is 0 Å². The van der Waals surface area contributed by atoms with Crippen molar-refractivity contribution in [2.75, 3.05) is 13.2 Å². The summed E-state index contributed by atoms with van der Waals surface area (Å²) in [6.07, 6.45) is 3.52. The molecule has 0 aromatic heterocycles. The number of amides is 1. The van der Waals surface area contributed by atoms with Crippen LogP contribution in [0.15, 0.2) is 24.3 Å². The third-order valence-electron chi connectivity index (χ3n) is 3.13. The van der Waals surface area contributed by atoms with Gasteiger partial charge in [0, 0.05) is 24.6 Å². The van der Waals surface area contributed by atoms with Crippen molar-refractivity contribution in [1.29, 1.82) is 0 Å². The highest BCUT2D eigenvalue weighted by molar-refractivity contribution is 6.17. The van der Waals surface area contributed by atoms with Crippen LogP contribution in [0.25, 0.3) is 0 Å². The third kappa shape index (κ3) is 3.72. The van der Waals surface area contributed by atoms with Crippen molar-refractivity contribution in [3.8, 4) is 0 Å². The van der Waals surface area contributed by atoms with Crippen LogP contribution < -0.4 is 5.32 Å². The first-order chi connectivity index (χ1) is 8.79. The Morgan fingerprint density at radius 1 is 1.33 bits per heavy atom. The molecule has 1 aromatic rings. The van der Waals surface area contributed by atoms with Crippen molar-refractivity contribution in [3.05, 3.63) is 35.4 Å². The molecule has 1 amide bonds. The van der Waals surface area contributed by atoms with E-state index in [2.05, 4.69) is 5.32 Å². The molecule has 1 aliphatic rings. The Hall–Kier alpha value is -1.06. The monoisotopic (exact) mass is 267 g/mol. The summed E-state index contributed by atoms with van der Waals surface area (Å²) in [4.78, 5) is 11.9. The maximum atomic E-state index is 11.9. The van der Waals surface area contributed by atoms with Gasteiger partial charge < -0.3 is 10.1 Å². The van der Waals surface area contributed by atoms with Crippen LogP contribution in [0, 0.1) is 0 Å². The minimum atomic E-state index is -0.0507. The quantitative estimate of drug-likeness (QED) is 0.852. The van der Waals surface area contributed by atoms with Crippen molar-refractivity contribution >= 4 is 17.5 Å². The molecule has 0 spiro atoms. The average Bonchev–Trinajstić information content (AvgIpc) is 2.46. The predicted octanol–water partition coefficient (Wildman–Crippen LogP) is 2.72. The topological polar surface area (TPSA) is 38.3 Å². The minimum absolute atomic E-state index is 0.0507. The van der Waals surface area contributed by atoms with E-state index in [1.54, 1.807) is 12.1 Å². The highest BCUT2D eigenvalue weighted by atomic mass is 35.5. The van der Waals surface area contributed by atoms with Crippen LogP contribution in [0.3, 0.4) is 0 Å². The molecule has 18 heavy (non-hydrogen) atoms. The van der Waals surface area contributed by atoms with Gasteiger partial charge in [-0.2, -0.15) is 0 Å². The van der Waals surface area contributed by atoms with Crippen LogP contribution in [0.4, 0.5) is 0 Å². The van der Waals surface area contributed by atoms with Gasteiger partial charge in [-0.05, 0) is 37.0 Å². The summed E-state index contributed by atoms with van der Waals surface area (Å²) in [7, 11) is 0. The Bertz CT molecular complexity index is 385. The number of ether oxygens (including phenoxy) is 1. The maximum Gasteiger partial charge on any atom is 0.251 e. The first kappa shape index (κ1) is 13.4. The summed E-state index contributed by atoms with van der Waals surface area (Å²) in [5, 5.41) is 2.91. The van der Waals surface area contributed by atoms with Gasteiger partial charge in [0.2, 0.25) is 0 Å². The van der Waals surface area contributed by atoms with Crippen LogP contribution in [0.5, 0.6) is 0 Å². The van der Waals surface area contributed by atoms with Gasteiger partial charge in [-0.1, -0.05) is 12.1 Å². The molecule has 0 bridgehead atoms. The van der Waals surface area contributed by atoms with Crippen molar-refractivity contribution in [2.24, 2.45) is 0 Å². The number of nitrogens with one attached hydrogen (secondary N) is 1. The normalized spacial score (nSPS) is 19.5. The molecule has 1 N–H and O–H groups in total. The molecule has 1 saturated heterocycles. The van der Waals surface area contributed by atoms with Gasteiger partial charge in [0.05, 0.1) is 6.10 Å². The third-order valence-corrected chi connectivity index (χ3v) is 3.44. The standard InChI is InChI=1S/C14H18ClNO2/c15-9-11-4-6-12(7-5-11)14(17)16-10-13-3-1-2-8-18-13/h4-7,13H,1-3,8-10H2,(H,16,17). The molecule has 0 radical (unpaired) electrons.